The van der Waals surface area contributed by atoms with Crippen LogP contribution in [0.25, 0.3) is 21.8 Å². The minimum atomic E-state index is -0.344. The lowest BCUT2D eigenvalue weighted by Gasteiger charge is -2.11. The Hall–Kier alpha value is -2.53. The van der Waals surface area contributed by atoms with Gasteiger partial charge in [-0.3, -0.25) is 0 Å². The molecule has 5 heteroatoms. The maximum atomic E-state index is 12.4. The second kappa shape index (κ2) is 6.71. The van der Waals surface area contributed by atoms with E-state index in [-0.39, 0.29) is 5.97 Å². The van der Waals surface area contributed by atoms with E-state index in [9.17, 15) is 4.79 Å². The van der Waals surface area contributed by atoms with Crippen LogP contribution in [0, 0.1) is 0 Å². The number of ether oxygens (including phenoxy) is 1. The Balaban J connectivity index is 2.23. The van der Waals surface area contributed by atoms with Crippen molar-refractivity contribution in [1.29, 1.82) is 0 Å². The minimum absolute atomic E-state index is 0.335. The molecule has 0 saturated heterocycles. The molecule has 0 amide bonds. The summed E-state index contributed by atoms with van der Waals surface area (Å²) in [6.45, 7) is 2.13. The van der Waals surface area contributed by atoms with Crippen LogP contribution in [0.15, 0.2) is 53.9 Å². The maximum absolute atomic E-state index is 12.4. The molecule has 0 atom stereocenters. The second-order valence-electron chi connectivity index (χ2n) is 4.83. The van der Waals surface area contributed by atoms with Gasteiger partial charge in [-0.25, -0.2) is 4.79 Å². The molecule has 1 aromatic carbocycles. The predicted octanol–water partition coefficient (Wildman–Crippen LogP) is 4.12. The molecule has 118 valence electrons. The number of carbonyl (C=O) groups is 1. The average Bonchev–Trinajstić information content (AvgIpc) is 3.22. The van der Waals surface area contributed by atoms with E-state index in [1.165, 1.54) is 0 Å². The monoisotopic (exact) mass is 327 g/mol. The Morgan fingerprint density at radius 2 is 1.96 bits per heavy atom. The molecular formula is C18H17NO3S. The molecule has 0 aliphatic carbocycles. The summed E-state index contributed by atoms with van der Waals surface area (Å²) in [6, 6.07) is 15.6. The first kappa shape index (κ1) is 15.4. The van der Waals surface area contributed by atoms with Crippen molar-refractivity contribution in [2.45, 2.75) is 6.92 Å². The number of nitrogens with zero attached hydrogens (tertiary/aromatic N) is 1. The Kier molecular flexibility index (Phi) is 4.48. The maximum Gasteiger partial charge on any atom is 0.340 e. The Morgan fingerprint density at radius 1 is 1.17 bits per heavy atom. The summed E-state index contributed by atoms with van der Waals surface area (Å²) in [5.74, 6) is -0.344. The molecular weight excluding hydrogens is 310 g/mol. The molecule has 2 aromatic heterocycles. The van der Waals surface area contributed by atoms with Crippen LogP contribution in [0.3, 0.4) is 0 Å². The highest BCUT2D eigenvalue weighted by Gasteiger charge is 2.24. The minimum Gasteiger partial charge on any atom is -0.462 e. The number of hydrogen-bond acceptors (Lipinski definition) is 4. The molecule has 23 heavy (non-hydrogen) atoms. The van der Waals surface area contributed by atoms with Gasteiger partial charge in [0.25, 0.3) is 0 Å². The first-order valence-electron chi connectivity index (χ1n) is 7.33. The topological polar surface area (TPSA) is 40.5 Å². The summed E-state index contributed by atoms with van der Waals surface area (Å²) in [5, 5.41) is 1.97. The van der Waals surface area contributed by atoms with Crippen molar-refractivity contribution in [3.05, 3.63) is 59.5 Å². The lowest BCUT2D eigenvalue weighted by atomic mass is 10.1. The van der Waals surface area contributed by atoms with E-state index in [2.05, 4.69) is 0 Å². The van der Waals surface area contributed by atoms with Gasteiger partial charge < -0.3 is 9.57 Å². The molecule has 0 aliphatic rings. The molecule has 0 spiro atoms. The molecule has 0 saturated carbocycles. The molecule has 3 aromatic rings. The Labute approximate surface area is 138 Å². The van der Waals surface area contributed by atoms with E-state index < -0.39 is 0 Å². The van der Waals surface area contributed by atoms with Gasteiger partial charge in [-0.2, -0.15) is 4.73 Å². The Morgan fingerprint density at radius 3 is 2.57 bits per heavy atom. The van der Waals surface area contributed by atoms with Crippen LogP contribution in [0.2, 0.25) is 0 Å². The Bertz CT molecular complexity index is 791. The van der Waals surface area contributed by atoms with Crippen molar-refractivity contribution in [1.82, 2.24) is 4.73 Å². The third-order valence-electron chi connectivity index (χ3n) is 3.46. The smallest absolute Gasteiger partial charge is 0.340 e. The largest absolute Gasteiger partial charge is 0.462 e. The van der Waals surface area contributed by atoms with Gasteiger partial charge in [-0.15, -0.1) is 11.3 Å². The summed E-state index contributed by atoms with van der Waals surface area (Å²) < 4.78 is 6.90. The molecule has 2 heterocycles. The number of aromatic nitrogens is 1. The van der Waals surface area contributed by atoms with Crippen LogP contribution in [-0.2, 0) is 4.74 Å². The number of rotatable bonds is 5. The van der Waals surface area contributed by atoms with Gasteiger partial charge >= 0.3 is 5.97 Å². The summed E-state index contributed by atoms with van der Waals surface area (Å²) >= 11 is 1.56. The fourth-order valence-electron chi connectivity index (χ4n) is 2.50. The molecule has 0 bridgehead atoms. The van der Waals surface area contributed by atoms with Crippen molar-refractivity contribution in [2.24, 2.45) is 0 Å². The fraction of sp³-hybridized carbons (Fsp3) is 0.167. The molecule has 0 N–H and O–H groups in total. The molecule has 0 fully saturated rings. The highest BCUT2D eigenvalue weighted by molar-refractivity contribution is 7.13. The van der Waals surface area contributed by atoms with Gasteiger partial charge in [-0.1, -0.05) is 36.4 Å². The summed E-state index contributed by atoms with van der Waals surface area (Å²) in [6.07, 6.45) is 0. The number of esters is 1. The average molecular weight is 327 g/mol. The zero-order chi connectivity index (χ0) is 16.2. The van der Waals surface area contributed by atoms with Gasteiger partial charge in [0.2, 0.25) is 0 Å². The summed E-state index contributed by atoms with van der Waals surface area (Å²) in [5.41, 5.74) is 3.03. The zero-order valence-corrected chi connectivity index (χ0v) is 13.8. The van der Waals surface area contributed by atoms with Crippen molar-refractivity contribution < 1.29 is 14.4 Å². The van der Waals surface area contributed by atoms with Gasteiger partial charge in [0.15, 0.2) is 0 Å². The van der Waals surface area contributed by atoms with Crippen LogP contribution in [0.4, 0.5) is 0 Å². The summed E-state index contributed by atoms with van der Waals surface area (Å²) in [7, 11) is 1.60. The van der Waals surface area contributed by atoms with Gasteiger partial charge in [-0.05, 0) is 24.4 Å². The van der Waals surface area contributed by atoms with Crippen LogP contribution in [0.1, 0.15) is 17.3 Å². The second-order valence-corrected chi connectivity index (χ2v) is 5.78. The number of benzene rings is 1. The lowest BCUT2D eigenvalue weighted by Crippen LogP contribution is -2.11. The van der Waals surface area contributed by atoms with Crippen molar-refractivity contribution in [3.8, 4) is 21.8 Å². The van der Waals surface area contributed by atoms with Crippen molar-refractivity contribution in [2.75, 3.05) is 13.7 Å². The van der Waals surface area contributed by atoms with Crippen LogP contribution < -0.4 is 4.84 Å². The van der Waals surface area contributed by atoms with Crippen LogP contribution in [0.5, 0.6) is 0 Å². The standard InChI is InChI=1S/C18H17NO3S/c1-3-22-18(20)14-12-15(13-8-5-4-6-9-13)19(21-2)17(14)16-10-7-11-23-16/h4-12H,3H2,1-2H3. The lowest BCUT2D eigenvalue weighted by molar-refractivity contribution is 0.0526. The number of hydrogen-bond donors (Lipinski definition) is 0. The van der Waals surface area contributed by atoms with Crippen LogP contribution in [-0.4, -0.2) is 24.4 Å². The predicted molar refractivity (Wildman–Crippen MR) is 91.6 cm³/mol. The highest BCUT2D eigenvalue weighted by Crippen LogP contribution is 2.34. The van der Waals surface area contributed by atoms with E-state index in [0.717, 1.165) is 21.8 Å². The molecule has 3 rings (SSSR count). The van der Waals surface area contributed by atoms with Gasteiger partial charge in [0.1, 0.15) is 12.8 Å². The first-order valence-corrected chi connectivity index (χ1v) is 8.20. The first-order chi connectivity index (χ1) is 11.3. The fourth-order valence-corrected chi connectivity index (χ4v) is 3.27. The van der Waals surface area contributed by atoms with Crippen LogP contribution >= 0.6 is 11.3 Å². The van der Waals surface area contributed by atoms with E-state index in [4.69, 9.17) is 9.57 Å². The molecule has 4 nitrogen and oxygen atoms in total. The highest BCUT2D eigenvalue weighted by atomic mass is 32.1. The van der Waals surface area contributed by atoms with Crippen molar-refractivity contribution in [3.63, 3.8) is 0 Å². The molecule has 0 aliphatic heterocycles. The van der Waals surface area contributed by atoms with Crippen molar-refractivity contribution >= 4 is 17.3 Å². The molecule has 0 unspecified atom stereocenters. The number of thiophene rings is 1. The van der Waals surface area contributed by atoms with Gasteiger partial charge in [0, 0.05) is 5.56 Å². The number of carbonyl (C=O) groups excluding carboxylic acids is 1. The third-order valence-corrected chi connectivity index (χ3v) is 4.34. The van der Waals surface area contributed by atoms with E-state index >= 15 is 0 Å². The van der Waals surface area contributed by atoms with Gasteiger partial charge in [0.05, 0.1) is 22.7 Å². The normalized spacial score (nSPS) is 10.5. The van der Waals surface area contributed by atoms with E-state index in [1.807, 2.05) is 53.9 Å². The zero-order valence-electron chi connectivity index (χ0n) is 13.0. The third kappa shape index (κ3) is 2.87. The SMILES string of the molecule is CCOC(=O)c1cc(-c2ccccc2)n(OC)c1-c1cccs1. The van der Waals surface area contributed by atoms with E-state index in [1.54, 1.807) is 30.1 Å². The molecule has 0 radical (unpaired) electrons. The quantitative estimate of drug-likeness (QED) is 0.662. The summed E-state index contributed by atoms with van der Waals surface area (Å²) in [4.78, 5) is 18.9. The van der Waals surface area contributed by atoms with E-state index in [0.29, 0.717) is 12.2 Å².